The van der Waals surface area contributed by atoms with Crippen molar-refractivity contribution in [1.82, 2.24) is 4.98 Å². The van der Waals surface area contributed by atoms with Gasteiger partial charge in [-0.05, 0) is 44.8 Å². The number of rotatable bonds is 4. The van der Waals surface area contributed by atoms with Gasteiger partial charge in [-0.1, -0.05) is 91.0 Å². The number of ether oxygens (including phenoxy) is 2. The van der Waals surface area contributed by atoms with Crippen LogP contribution >= 0.6 is 0 Å². The third kappa shape index (κ3) is 4.20. The molecule has 0 radical (unpaired) electrons. The second-order valence-corrected chi connectivity index (χ2v) is 9.72. The summed E-state index contributed by atoms with van der Waals surface area (Å²) >= 11 is 0. The quantitative estimate of drug-likeness (QED) is 0.264. The summed E-state index contributed by atoms with van der Waals surface area (Å²) in [6, 6.07) is 35.7. The lowest BCUT2D eigenvalue weighted by molar-refractivity contribution is 0.259. The average molecular weight is 498 g/mol. The highest BCUT2D eigenvalue weighted by atomic mass is 16.5. The highest BCUT2D eigenvalue weighted by Gasteiger charge is 2.24. The summed E-state index contributed by atoms with van der Waals surface area (Å²) in [7, 11) is 0. The molecule has 186 valence electrons. The molecule has 0 saturated heterocycles. The van der Waals surface area contributed by atoms with Crippen molar-refractivity contribution in [2.45, 2.75) is 24.9 Å². The minimum atomic E-state index is 0.0225. The van der Waals surface area contributed by atoms with E-state index in [0.717, 1.165) is 12.8 Å². The average Bonchev–Trinajstić information content (AvgIpc) is 3.01. The van der Waals surface area contributed by atoms with E-state index < -0.39 is 0 Å². The van der Waals surface area contributed by atoms with Crippen LogP contribution in [0.25, 0.3) is 21.5 Å². The van der Waals surface area contributed by atoms with Gasteiger partial charge >= 0.3 is 0 Å². The van der Waals surface area contributed by atoms with Gasteiger partial charge in [0.2, 0.25) is 11.8 Å². The molecule has 0 bridgehead atoms. The summed E-state index contributed by atoms with van der Waals surface area (Å²) in [4.78, 5) is 14.9. The first-order valence-electron chi connectivity index (χ1n) is 13.2. The lowest BCUT2D eigenvalue weighted by Gasteiger charge is -2.24. The molecule has 1 aromatic heterocycles. The fourth-order valence-electron chi connectivity index (χ4n) is 5.51. The predicted octanol–water partition coefficient (Wildman–Crippen LogP) is 7.20. The number of hydrogen-bond donors (Lipinski definition) is 0. The Labute approximate surface area is 221 Å². The molecule has 3 heterocycles. The maximum absolute atomic E-state index is 6.02. The zero-order valence-corrected chi connectivity index (χ0v) is 21.0. The fourth-order valence-corrected chi connectivity index (χ4v) is 5.51. The minimum absolute atomic E-state index is 0.0225. The SMILES string of the molecule is c1cc(C2=N[C@H](c3cccc4ccccc34)CCO2)nc(C2=N[C@H](c3cccc4ccccc34)CCO2)c1. The predicted molar refractivity (Wildman–Crippen MR) is 152 cm³/mol. The first kappa shape index (κ1) is 22.7. The second kappa shape index (κ2) is 9.75. The summed E-state index contributed by atoms with van der Waals surface area (Å²) in [5, 5.41) is 4.91. The van der Waals surface area contributed by atoms with E-state index in [2.05, 4.69) is 84.9 Å². The zero-order valence-electron chi connectivity index (χ0n) is 21.0. The molecule has 0 amide bonds. The van der Waals surface area contributed by atoms with Gasteiger partial charge in [-0.3, -0.25) is 0 Å². The molecule has 38 heavy (non-hydrogen) atoms. The molecule has 0 N–H and O–H groups in total. The standard InChI is InChI=1S/C33H27N3O2/c1-3-12-24-22(8-1)10-5-14-26(24)28-18-20-37-32(35-28)30-16-7-17-31(34-30)33-36-29(19-21-38-33)27-15-6-11-23-9-2-4-13-25(23)27/h1-17,28-29H,18-21H2/t28-,29-/m0/s1. The molecule has 4 aromatic carbocycles. The van der Waals surface area contributed by atoms with Crippen molar-refractivity contribution in [2.24, 2.45) is 9.98 Å². The first-order valence-corrected chi connectivity index (χ1v) is 13.2. The summed E-state index contributed by atoms with van der Waals surface area (Å²) < 4.78 is 12.0. The number of pyridine rings is 1. The molecule has 5 nitrogen and oxygen atoms in total. The van der Waals surface area contributed by atoms with Gasteiger partial charge < -0.3 is 9.47 Å². The van der Waals surface area contributed by atoms with Crippen LogP contribution in [0.1, 0.15) is 47.4 Å². The van der Waals surface area contributed by atoms with Crippen LogP contribution in [0.2, 0.25) is 0 Å². The van der Waals surface area contributed by atoms with Crippen molar-refractivity contribution >= 4 is 33.3 Å². The van der Waals surface area contributed by atoms with Gasteiger partial charge in [0.05, 0.1) is 25.3 Å². The molecule has 0 aliphatic carbocycles. The van der Waals surface area contributed by atoms with E-state index in [0.29, 0.717) is 36.4 Å². The topological polar surface area (TPSA) is 56.1 Å². The van der Waals surface area contributed by atoms with Crippen LogP contribution in [0, 0.1) is 0 Å². The van der Waals surface area contributed by atoms with E-state index in [4.69, 9.17) is 24.4 Å². The molecule has 7 rings (SSSR count). The van der Waals surface area contributed by atoms with Crippen LogP contribution in [-0.2, 0) is 9.47 Å². The van der Waals surface area contributed by atoms with E-state index in [1.54, 1.807) is 0 Å². The number of hydrogen-bond acceptors (Lipinski definition) is 5. The lowest BCUT2D eigenvalue weighted by Crippen LogP contribution is -2.22. The molecule has 2 aliphatic heterocycles. The van der Waals surface area contributed by atoms with Crippen molar-refractivity contribution in [1.29, 1.82) is 0 Å². The number of benzene rings is 4. The molecular formula is C33H27N3O2. The molecule has 0 spiro atoms. The summed E-state index contributed by atoms with van der Waals surface area (Å²) in [5.74, 6) is 1.14. The Hall–Kier alpha value is -4.51. The van der Waals surface area contributed by atoms with Crippen LogP contribution in [-0.4, -0.2) is 30.0 Å². The molecule has 5 heteroatoms. The van der Waals surface area contributed by atoms with Crippen molar-refractivity contribution in [3.05, 3.63) is 126 Å². The van der Waals surface area contributed by atoms with E-state index >= 15 is 0 Å². The highest BCUT2D eigenvalue weighted by molar-refractivity contribution is 5.97. The van der Waals surface area contributed by atoms with Crippen LogP contribution in [0.5, 0.6) is 0 Å². The Balaban J connectivity index is 1.22. The highest BCUT2D eigenvalue weighted by Crippen LogP contribution is 2.33. The molecule has 0 unspecified atom stereocenters. The maximum atomic E-state index is 6.02. The number of nitrogens with zero attached hydrogens (tertiary/aromatic N) is 3. The van der Waals surface area contributed by atoms with Crippen molar-refractivity contribution < 1.29 is 9.47 Å². The van der Waals surface area contributed by atoms with Gasteiger partial charge in [0, 0.05) is 12.8 Å². The molecule has 5 aromatic rings. The van der Waals surface area contributed by atoms with Crippen LogP contribution in [0.3, 0.4) is 0 Å². The van der Waals surface area contributed by atoms with E-state index in [9.17, 15) is 0 Å². The largest absolute Gasteiger partial charge is 0.476 e. The summed E-state index contributed by atoms with van der Waals surface area (Å²) in [6.45, 7) is 1.19. The Morgan fingerprint density at radius 2 is 0.947 bits per heavy atom. The Kier molecular flexibility index (Phi) is 5.82. The first-order chi connectivity index (χ1) is 18.8. The summed E-state index contributed by atoms with van der Waals surface area (Å²) in [5.41, 5.74) is 3.84. The van der Waals surface area contributed by atoms with Gasteiger partial charge in [-0.25, -0.2) is 15.0 Å². The van der Waals surface area contributed by atoms with Crippen molar-refractivity contribution in [2.75, 3.05) is 13.2 Å². The van der Waals surface area contributed by atoms with Gasteiger partial charge in [0.1, 0.15) is 11.4 Å². The number of aliphatic imine (C=N–C) groups is 2. The number of aromatic nitrogens is 1. The fraction of sp³-hybridized carbons (Fsp3) is 0.182. The molecular weight excluding hydrogens is 470 g/mol. The molecule has 0 fully saturated rings. The van der Waals surface area contributed by atoms with E-state index in [1.165, 1.54) is 32.7 Å². The monoisotopic (exact) mass is 497 g/mol. The van der Waals surface area contributed by atoms with Crippen LogP contribution in [0.4, 0.5) is 0 Å². The zero-order chi connectivity index (χ0) is 25.3. The Morgan fingerprint density at radius 1 is 0.500 bits per heavy atom. The van der Waals surface area contributed by atoms with E-state index in [-0.39, 0.29) is 12.1 Å². The third-order valence-electron chi connectivity index (χ3n) is 7.36. The van der Waals surface area contributed by atoms with Crippen molar-refractivity contribution in [3.8, 4) is 0 Å². The van der Waals surface area contributed by atoms with Gasteiger partial charge in [0.25, 0.3) is 0 Å². The minimum Gasteiger partial charge on any atom is -0.476 e. The van der Waals surface area contributed by atoms with Crippen molar-refractivity contribution in [3.63, 3.8) is 0 Å². The van der Waals surface area contributed by atoms with Crippen LogP contribution in [0.15, 0.2) is 113 Å². The van der Waals surface area contributed by atoms with Crippen LogP contribution < -0.4 is 0 Å². The molecule has 0 saturated carbocycles. The second-order valence-electron chi connectivity index (χ2n) is 9.72. The molecule has 2 aliphatic rings. The Morgan fingerprint density at radius 3 is 1.47 bits per heavy atom. The van der Waals surface area contributed by atoms with E-state index in [1.807, 2.05) is 18.2 Å². The Bertz CT molecular complexity index is 1570. The van der Waals surface area contributed by atoms with Gasteiger partial charge in [-0.15, -0.1) is 0 Å². The third-order valence-corrected chi connectivity index (χ3v) is 7.36. The van der Waals surface area contributed by atoms with Gasteiger partial charge in [-0.2, -0.15) is 0 Å². The molecule has 2 atom stereocenters. The normalized spacial score (nSPS) is 19.4. The maximum Gasteiger partial charge on any atom is 0.235 e. The number of fused-ring (bicyclic) bond motifs is 2. The van der Waals surface area contributed by atoms with Gasteiger partial charge in [0.15, 0.2) is 0 Å². The summed E-state index contributed by atoms with van der Waals surface area (Å²) in [6.07, 6.45) is 1.67. The smallest absolute Gasteiger partial charge is 0.235 e. The lowest BCUT2D eigenvalue weighted by atomic mass is 9.97.